The number of hydrogen-bond donors (Lipinski definition) is 1. The molecule has 0 radical (unpaired) electrons. The van der Waals surface area contributed by atoms with Crippen LogP contribution in [0.5, 0.6) is 0 Å². The number of amides is 2. The van der Waals surface area contributed by atoms with Gasteiger partial charge in [-0.1, -0.05) is 26.0 Å². The number of nitrogens with zero attached hydrogens (tertiary/aromatic N) is 2. The monoisotopic (exact) mass is 425 g/mol. The van der Waals surface area contributed by atoms with Crippen molar-refractivity contribution in [2.24, 2.45) is 40.9 Å². The average Bonchev–Trinajstić information content (AvgIpc) is 2.70. The third-order valence-corrected chi connectivity index (χ3v) is 9.24. The molecule has 0 aromatic carbocycles. The van der Waals surface area contributed by atoms with E-state index in [2.05, 4.69) is 45.7 Å². The van der Waals surface area contributed by atoms with Gasteiger partial charge >= 0.3 is 0 Å². The van der Waals surface area contributed by atoms with E-state index in [1.165, 1.54) is 18.4 Å². The van der Waals surface area contributed by atoms with Gasteiger partial charge in [-0.2, -0.15) is 5.26 Å². The Bertz CT molecular complexity index is 812. The van der Waals surface area contributed by atoms with E-state index in [-0.39, 0.29) is 29.3 Å². The molecule has 7 atom stereocenters. The lowest BCUT2D eigenvalue weighted by atomic mass is 9.42. The van der Waals surface area contributed by atoms with Crippen molar-refractivity contribution < 1.29 is 9.59 Å². The van der Waals surface area contributed by atoms with Crippen LogP contribution >= 0.6 is 0 Å². The quantitative estimate of drug-likeness (QED) is 0.527. The zero-order valence-electron chi connectivity index (χ0n) is 19.7. The van der Waals surface area contributed by atoms with E-state index in [1.807, 2.05) is 0 Å². The molecule has 4 rings (SSSR count). The average molecular weight is 426 g/mol. The van der Waals surface area contributed by atoms with Crippen molar-refractivity contribution in [2.75, 3.05) is 13.1 Å². The smallest absolute Gasteiger partial charge is 0.240 e. The van der Waals surface area contributed by atoms with Gasteiger partial charge in [0.25, 0.3) is 0 Å². The standard InChI is InChI=1S/C26H39N3O2/c1-16-8-10-26(15-27)18(3)6-7-20-17(2)12-19(23(16)24(20)26)13-25(4,5)28-21(30)14-29-11-9-22(29)31/h17-20,23-24H,1,6-14H2,2-5H3,(H,28,30)/t17-,18-,19-,20+,23-,24-,26-/m0/s1. The molecule has 3 saturated carbocycles. The van der Waals surface area contributed by atoms with Crippen LogP contribution in [0.15, 0.2) is 12.2 Å². The van der Waals surface area contributed by atoms with Crippen molar-refractivity contribution in [3.63, 3.8) is 0 Å². The second-order valence-electron chi connectivity index (χ2n) is 11.7. The summed E-state index contributed by atoms with van der Waals surface area (Å²) in [4.78, 5) is 25.8. The number of likely N-dealkylation sites (tertiary alicyclic amines) is 1. The number of rotatable bonds is 5. The minimum Gasteiger partial charge on any atom is -0.350 e. The molecule has 0 bridgehead atoms. The summed E-state index contributed by atoms with van der Waals surface area (Å²) >= 11 is 0. The van der Waals surface area contributed by atoms with Gasteiger partial charge in [0.15, 0.2) is 0 Å². The Morgan fingerprint density at radius 1 is 1.32 bits per heavy atom. The SMILES string of the molecule is C=C1CC[C@@]2(C#N)[C@H]3[C@H](CC[C@@H]2C)[C@@H](C)C[C@@H](CC(C)(C)NC(=O)CN2CCC2=O)[C@H]13. The van der Waals surface area contributed by atoms with Crippen molar-refractivity contribution >= 4 is 11.8 Å². The predicted octanol–water partition coefficient (Wildman–Crippen LogP) is 4.30. The van der Waals surface area contributed by atoms with Crippen molar-refractivity contribution in [1.29, 1.82) is 5.26 Å². The first-order valence-electron chi connectivity index (χ1n) is 12.3. The van der Waals surface area contributed by atoms with Crippen LogP contribution < -0.4 is 5.32 Å². The molecule has 1 aliphatic heterocycles. The van der Waals surface area contributed by atoms with Crippen molar-refractivity contribution in [2.45, 2.75) is 78.2 Å². The largest absolute Gasteiger partial charge is 0.350 e. The molecule has 0 aromatic rings. The van der Waals surface area contributed by atoms with Gasteiger partial charge in [-0.3, -0.25) is 9.59 Å². The molecule has 170 valence electrons. The summed E-state index contributed by atoms with van der Waals surface area (Å²) in [5, 5.41) is 13.6. The minimum atomic E-state index is -0.352. The van der Waals surface area contributed by atoms with E-state index in [0.29, 0.717) is 48.5 Å². The Hall–Kier alpha value is -1.83. The van der Waals surface area contributed by atoms with E-state index in [0.717, 1.165) is 25.7 Å². The molecule has 5 heteroatoms. The molecule has 1 saturated heterocycles. The van der Waals surface area contributed by atoms with E-state index < -0.39 is 0 Å². The summed E-state index contributed by atoms with van der Waals surface area (Å²) in [5.74, 6) is 2.88. The molecule has 2 amide bonds. The molecule has 1 heterocycles. The highest BCUT2D eigenvalue weighted by Crippen LogP contribution is 2.65. The Labute approximate surface area is 187 Å². The maximum atomic E-state index is 12.6. The number of carbonyl (C=O) groups excluding carboxylic acids is 2. The molecule has 5 nitrogen and oxygen atoms in total. The number of hydrogen-bond acceptors (Lipinski definition) is 3. The third-order valence-electron chi connectivity index (χ3n) is 9.24. The Kier molecular flexibility index (Phi) is 5.73. The highest BCUT2D eigenvalue weighted by Gasteiger charge is 2.60. The molecular formula is C26H39N3O2. The van der Waals surface area contributed by atoms with E-state index >= 15 is 0 Å². The second kappa shape index (κ2) is 7.94. The fourth-order valence-electron chi connectivity index (χ4n) is 7.72. The highest BCUT2D eigenvalue weighted by molar-refractivity contribution is 5.88. The number of β-lactam (4-membered cyclic amide) rings is 1. The summed E-state index contributed by atoms with van der Waals surface area (Å²) in [6, 6.07) is 2.84. The van der Waals surface area contributed by atoms with Gasteiger partial charge in [-0.05, 0) is 87.9 Å². The maximum Gasteiger partial charge on any atom is 0.240 e. The molecule has 31 heavy (non-hydrogen) atoms. The fourth-order valence-corrected chi connectivity index (χ4v) is 7.72. The molecule has 1 N–H and O–H groups in total. The molecule has 0 unspecified atom stereocenters. The van der Waals surface area contributed by atoms with Crippen molar-refractivity contribution in [3.8, 4) is 6.07 Å². The van der Waals surface area contributed by atoms with Crippen LogP contribution in [0.25, 0.3) is 0 Å². The zero-order valence-corrected chi connectivity index (χ0v) is 19.7. The van der Waals surface area contributed by atoms with Gasteiger partial charge < -0.3 is 10.2 Å². The summed E-state index contributed by atoms with van der Waals surface area (Å²) in [6.07, 6.45) is 6.91. The van der Waals surface area contributed by atoms with Crippen LogP contribution in [-0.2, 0) is 9.59 Å². The maximum absolute atomic E-state index is 12.6. The number of nitrogens with one attached hydrogen (secondary N) is 1. The Morgan fingerprint density at radius 2 is 2.06 bits per heavy atom. The first-order valence-corrected chi connectivity index (χ1v) is 12.3. The summed E-state index contributed by atoms with van der Waals surface area (Å²) < 4.78 is 0. The van der Waals surface area contributed by atoms with Gasteiger partial charge in [0.05, 0.1) is 18.0 Å². The predicted molar refractivity (Wildman–Crippen MR) is 121 cm³/mol. The minimum absolute atomic E-state index is 0.0675. The zero-order chi connectivity index (χ0) is 22.6. The Morgan fingerprint density at radius 3 is 2.68 bits per heavy atom. The van der Waals surface area contributed by atoms with Crippen molar-refractivity contribution in [3.05, 3.63) is 12.2 Å². The Balaban J connectivity index is 1.53. The lowest BCUT2D eigenvalue weighted by molar-refractivity contribution is -0.144. The van der Waals surface area contributed by atoms with Gasteiger partial charge in [0.2, 0.25) is 11.8 Å². The molecule has 0 spiro atoms. The van der Waals surface area contributed by atoms with Crippen LogP contribution in [0.2, 0.25) is 0 Å². The van der Waals surface area contributed by atoms with E-state index in [9.17, 15) is 14.9 Å². The van der Waals surface area contributed by atoms with Gasteiger partial charge in [-0.25, -0.2) is 0 Å². The van der Waals surface area contributed by atoms with Gasteiger partial charge in [0.1, 0.15) is 0 Å². The van der Waals surface area contributed by atoms with Crippen LogP contribution in [0.1, 0.15) is 72.6 Å². The summed E-state index contributed by atoms with van der Waals surface area (Å²) in [5.41, 5.74) is 0.767. The number of nitriles is 1. The molecular weight excluding hydrogens is 386 g/mol. The second-order valence-corrected chi connectivity index (χ2v) is 11.7. The van der Waals surface area contributed by atoms with Crippen LogP contribution in [-0.4, -0.2) is 35.3 Å². The van der Waals surface area contributed by atoms with Gasteiger partial charge in [0, 0.05) is 18.5 Å². The van der Waals surface area contributed by atoms with E-state index in [4.69, 9.17) is 0 Å². The molecule has 3 aliphatic carbocycles. The van der Waals surface area contributed by atoms with E-state index in [1.54, 1.807) is 4.90 Å². The van der Waals surface area contributed by atoms with Crippen molar-refractivity contribution in [1.82, 2.24) is 10.2 Å². The topological polar surface area (TPSA) is 73.2 Å². The highest BCUT2D eigenvalue weighted by atomic mass is 16.2. The van der Waals surface area contributed by atoms with Crippen LogP contribution in [0.4, 0.5) is 0 Å². The molecule has 4 fully saturated rings. The molecule has 0 aromatic heterocycles. The normalized spacial score (nSPS) is 39.9. The fraction of sp³-hybridized carbons (Fsp3) is 0.808. The lowest BCUT2D eigenvalue weighted by Crippen LogP contribution is -2.58. The number of carbonyl (C=O) groups is 2. The lowest BCUT2D eigenvalue weighted by Gasteiger charge is -2.61. The molecule has 4 aliphatic rings. The van der Waals surface area contributed by atoms with Crippen LogP contribution in [0.3, 0.4) is 0 Å². The number of allylic oxidation sites excluding steroid dienone is 1. The summed E-state index contributed by atoms with van der Waals surface area (Å²) in [7, 11) is 0. The van der Waals surface area contributed by atoms with Gasteiger partial charge in [-0.15, -0.1) is 0 Å². The first-order chi connectivity index (χ1) is 14.6. The third kappa shape index (κ3) is 3.81. The summed E-state index contributed by atoms with van der Waals surface area (Å²) in [6.45, 7) is 14.2. The first kappa shape index (κ1) is 22.4. The van der Waals surface area contributed by atoms with Crippen LogP contribution in [0, 0.1) is 52.3 Å².